The van der Waals surface area contributed by atoms with E-state index in [1.54, 1.807) is 24.3 Å². The van der Waals surface area contributed by atoms with E-state index < -0.39 is 5.92 Å². The third kappa shape index (κ3) is 3.11. The van der Waals surface area contributed by atoms with Crippen molar-refractivity contribution in [1.29, 1.82) is 0 Å². The highest BCUT2D eigenvalue weighted by Crippen LogP contribution is 2.30. The zero-order valence-electron chi connectivity index (χ0n) is 12.8. The number of halogens is 1. The molecule has 0 radical (unpaired) electrons. The van der Waals surface area contributed by atoms with Crippen LogP contribution in [0.2, 0.25) is 5.02 Å². The molecular weight excluding hydrogens is 298 g/mol. The highest BCUT2D eigenvalue weighted by Gasteiger charge is 2.39. The molecule has 0 N–H and O–H groups in total. The molecule has 3 nitrogen and oxygen atoms in total. The Kier molecular flexibility index (Phi) is 4.94. The molecule has 1 saturated heterocycles. The Morgan fingerprint density at radius 1 is 1.05 bits per heavy atom. The number of likely N-dealkylation sites (tertiary alicyclic amines) is 1. The molecule has 2 aliphatic rings. The van der Waals surface area contributed by atoms with Gasteiger partial charge in [-0.1, -0.05) is 36.6 Å². The molecule has 1 saturated carbocycles. The second-order valence-electron chi connectivity index (χ2n) is 6.34. The van der Waals surface area contributed by atoms with Crippen molar-refractivity contribution in [2.45, 2.75) is 44.6 Å². The van der Waals surface area contributed by atoms with Gasteiger partial charge < -0.3 is 0 Å². The summed E-state index contributed by atoms with van der Waals surface area (Å²) in [5.74, 6) is -0.504. The number of carbonyl (C=O) groups is 2. The first kappa shape index (κ1) is 15.7. The molecule has 0 aromatic heterocycles. The van der Waals surface area contributed by atoms with Gasteiger partial charge in [-0.05, 0) is 50.9 Å². The van der Waals surface area contributed by atoms with E-state index in [-0.39, 0.29) is 17.6 Å². The molecule has 0 amide bonds. The quantitative estimate of drug-likeness (QED) is 0.629. The number of carbonyl (C=O) groups excluding carboxylic acids is 2. The van der Waals surface area contributed by atoms with Crippen molar-refractivity contribution in [1.82, 2.24) is 4.90 Å². The number of piperidine rings is 1. The highest BCUT2D eigenvalue weighted by atomic mass is 35.5. The Balaban J connectivity index is 1.77. The molecule has 3 rings (SSSR count). The van der Waals surface area contributed by atoms with Crippen molar-refractivity contribution in [3.05, 3.63) is 34.9 Å². The average Bonchev–Trinajstić information content (AvgIpc) is 2.56. The summed E-state index contributed by atoms with van der Waals surface area (Å²) in [5.41, 5.74) is 0.488. The molecule has 2 fully saturated rings. The number of rotatable bonds is 3. The highest BCUT2D eigenvalue weighted by molar-refractivity contribution is 6.34. The monoisotopic (exact) mass is 319 g/mol. The van der Waals surface area contributed by atoms with Crippen molar-refractivity contribution < 1.29 is 9.59 Å². The van der Waals surface area contributed by atoms with E-state index in [0.717, 1.165) is 38.8 Å². The Bertz CT molecular complexity index is 566. The maximum atomic E-state index is 12.8. The van der Waals surface area contributed by atoms with E-state index in [9.17, 15) is 9.59 Å². The number of ketones is 2. The van der Waals surface area contributed by atoms with Gasteiger partial charge in [0.05, 0.1) is 17.0 Å². The van der Waals surface area contributed by atoms with Crippen LogP contribution in [0, 0.1) is 5.92 Å². The molecule has 2 atom stereocenters. The van der Waals surface area contributed by atoms with Gasteiger partial charge in [-0.3, -0.25) is 14.5 Å². The fourth-order valence-electron chi connectivity index (χ4n) is 3.73. The van der Waals surface area contributed by atoms with Gasteiger partial charge in [-0.25, -0.2) is 0 Å². The summed E-state index contributed by atoms with van der Waals surface area (Å²) in [6.45, 7) is 1.98. The first-order chi connectivity index (χ1) is 10.7. The van der Waals surface area contributed by atoms with Crippen molar-refractivity contribution in [3.63, 3.8) is 0 Å². The average molecular weight is 320 g/mol. The zero-order chi connectivity index (χ0) is 15.5. The third-order valence-electron chi connectivity index (χ3n) is 4.93. The minimum atomic E-state index is -0.513. The Hall–Kier alpha value is -1.19. The molecule has 1 aromatic rings. The SMILES string of the molecule is O=C(c1ccccc1Cl)C1CCCC(N2CCCCC2)C1=O. The molecule has 1 aromatic carbocycles. The lowest BCUT2D eigenvalue weighted by Crippen LogP contribution is -2.49. The van der Waals surface area contributed by atoms with E-state index in [0.29, 0.717) is 17.0 Å². The van der Waals surface area contributed by atoms with Gasteiger partial charge in [0.2, 0.25) is 0 Å². The van der Waals surface area contributed by atoms with Crippen molar-refractivity contribution in [2.75, 3.05) is 13.1 Å². The predicted molar refractivity (Wildman–Crippen MR) is 87.3 cm³/mol. The molecule has 0 spiro atoms. The Labute approximate surface area is 136 Å². The second-order valence-corrected chi connectivity index (χ2v) is 6.75. The van der Waals surface area contributed by atoms with Gasteiger partial charge in [0, 0.05) is 5.56 Å². The topological polar surface area (TPSA) is 37.4 Å². The van der Waals surface area contributed by atoms with Crippen LogP contribution in [0.5, 0.6) is 0 Å². The molecule has 22 heavy (non-hydrogen) atoms. The summed E-state index contributed by atoms with van der Waals surface area (Å²) in [7, 11) is 0. The number of benzene rings is 1. The van der Waals surface area contributed by atoms with Gasteiger partial charge in [0.15, 0.2) is 11.6 Å². The number of hydrogen-bond donors (Lipinski definition) is 0. The van der Waals surface area contributed by atoms with Crippen LogP contribution in [-0.4, -0.2) is 35.6 Å². The molecule has 2 unspecified atom stereocenters. The molecule has 0 bridgehead atoms. The van der Waals surface area contributed by atoms with Gasteiger partial charge in [-0.2, -0.15) is 0 Å². The summed E-state index contributed by atoms with van der Waals surface area (Å²) < 4.78 is 0. The molecule has 118 valence electrons. The van der Waals surface area contributed by atoms with E-state index in [1.807, 2.05) is 0 Å². The van der Waals surface area contributed by atoms with Crippen LogP contribution in [-0.2, 0) is 4.79 Å². The van der Waals surface area contributed by atoms with Gasteiger partial charge in [-0.15, -0.1) is 0 Å². The summed E-state index contributed by atoms with van der Waals surface area (Å²) in [5, 5.41) is 0.445. The van der Waals surface area contributed by atoms with Crippen LogP contribution in [0.25, 0.3) is 0 Å². The maximum absolute atomic E-state index is 12.8. The van der Waals surface area contributed by atoms with E-state index in [2.05, 4.69) is 4.90 Å². The van der Waals surface area contributed by atoms with Crippen LogP contribution in [0.1, 0.15) is 48.9 Å². The molecule has 1 aliphatic carbocycles. The van der Waals surface area contributed by atoms with Crippen LogP contribution in [0.15, 0.2) is 24.3 Å². The fraction of sp³-hybridized carbons (Fsp3) is 0.556. The van der Waals surface area contributed by atoms with Crippen LogP contribution < -0.4 is 0 Å². The summed E-state index contributed by atoms with van der Waals surface area (Å²) in [6, 6.07) is 6.98. The summed E-state index contributed by atoms with van der Waals surface area (Å²) in [6.07, 6.45) is 6.06. The smallest absolute Gasteiger partial charge is 0.174 e. The van der Waals surface area contributed by atoms with E-state index >= 15 is 0 Å². The summed E-state index contributed by atoms with van der Waals surface area (Å²) >= 11 is 6.13. The number of hydrogen-bond acceptors (Lipinski definition) is 3. The third-order valence-corrected chi connectivity index (χ3v) is 5.26. The van der Waals surface area contributed by atoms with Gasteiger partial charge >= 0.3 is 0 Å². The molecular formula is C18H22ClNO2. The fourth-order valence-corrected chi connectivity index (χ4v) is 3.96. The first-order valence-electron chi connectivity index (χ1n) is 8.25. The predicted octanol–water partition coefficient (Wildman–Crippen LogP) is 3.75. The van der Waals surface area contributed by atoms with Crippen molar-refractivity contribution >= 4 is 23.2 Å². The lowest BCUT2D eigenvalue weighted by atomic mass is 9.79. The standard InChI is InChI=1S/C18H22ClNO2/c19-15-9-3-2-7-13(15)17(21)14-8-6-10-16(18(14)22)20-11-4-1-5-12-20/h2-3,7,9,14,16H,1,4-6,8,10-12H2. The molecule has 1 aliphatic heterocycles. The molecule has 1 heterocycles. The number of Topliss-reactive ketones (excluding diaryl/α,β-unsaturated/α-hetero) is 2. The Morgan fingerprint density at radius 2 is 1.77 bits per heavy atom. The Morgan fingerprint density at radius 3 is 2.50 bits per heavy atom. The van der Waals surface area contributed by atoms with Gasteiger partial charge in [0.1, 0.15) is 0 Å². The minimum Gasteiger partial charge on any atom is -0.297 e. The summed E-state index contributed by atoms with van der Waals surface area (Å²) in [4.78, 5) is 27.9. The minimum absolute atomic E-state index is 0.0644. The first-order valence-corrected chi connectivity index (χ1v) is 8.63. The lowest BCUT2D eigenvalue weighted by Gasteiger charge is -2.37. The van der Waals surface area contributed by atoms with E-state index in [1.165, 1.54) is 6.42 Å². The van der Waals surface area contributed by atoms with Crippen molar-refractivity contribution in [3.8, 4) is 0 Å². The second kappa shape index (κ2) is 6.93. The van der Waals surface area contributed by atoms with Crippen LogP contribution in [0.4, 0.5) is 0 Å². The van der Waals surface area contributed by atoms with Gasteiger partial charge in [0.25, 0.3) is 0 Å². The van der Waals surface area contributed by atoms with Crippen LogP contribution >= 0.6 is 11.6 Å². The maximum Gasteiger partial charge on any atom is 0.174 e. The lowest BCUT2D eigenvalue weighted by molar-refractivity contribution is -0.129. The normalized spacial score (nSPS) is 26.9. The molecule has 4 heteroatoms. The zero-order valence-corrected chi connectivity index (χ0v) is 13.5. The van der Waals surface area contributed by atoms with E-state index in [4.69, 9.17) is 11.6 Å². The largest absolute Gasteiger partial charge is 0.297 e. The number of nitrogens with zero attached hydrogens (tertiary/aromatic N) is 1. The van der Waals surface area contributed by atoms with Crippen LogP contribution in [0.3, 0.4) is 0 Å². The van der Waals surface area contributed by atoms with Crippen molar-refractivity contribution in [2.24, 2.45) is 5.92 Å².